The molecule has 0 aliphatic rings. The highest BCUT2D eigenvalue weighted by molar-refractivity contribution is 6.31. The lowest BCUT2D eigenvalue weighted by atomic mass is 10.2. The Labute approximate surface area is 117 Å². The Morgan fingerprint density at radius 2 is 2.00 bits per heavy atom. The summed E-state index contributed by atoms with van der Waals surface area (Å²) < 4.78 is 18.2. The molecule has 0 aliphatic carbocycles. The summed E-state index contributed by atoms with van der Waals surface area (Å²) in [4.78, 5) is 12.0. The second-order valence-electron chi connectivity index (χ2n) is 3.84. The molecule has 0 spiro atoms. The van der Waals surface area contributed by atoms with Gasteiger partial charge in [-0.05, 0) is 18.2 Å². The third-order valence-electron chi connectivity index (χ3n) is 2.53. The van der Waals surface area contributed by atoms with E-state index in [-0.39, 0.29) is 22.6 Å². The van der Waals surface area contributed by atoms with Crippen molar-refractivity contribution < 1.29 is 8.91 Å². The number of rotatable bonds is 2. The van der Waals surface area contributed by atoms with Crippen LogP contribution in [0.4, 0.5) is 10.2 Å². The van der Waals surface area contributed by atoms with Crippen LogP contribution >= 0.6 is 11.6 Å². The Morgan fingerprint density at radius 3 is 2.75 bits per heavy atom. The van der Waals surface area contributed by atoms with Crippen molar-refractivity contribution in [2.24, 2.45) is 0 Å². The van der Waals surface area contributed by atoms with Crippen LogP contribution < -0.4 is 5.73 Å². The van der Waals surface area contributed by atoms with E-state index in [4.69, 9.17) is 21.9 Å². The van der Waals surface area contributed by atoms with E-state index in [1.165, 1.54) is 30.6 Å². The second-order valence-corrected chi connectivity index (χ2v) is 4.25. The van der Waals surface area contributed by atoms with Gasteiger partial charge in [0.25, 0.3) is 5.89 Å². The minimum Gasteiger partial charge on any atom is -0.382 e. The van der Waals surface area contributed by atoms with E-state index in [1.807, 2.05) is 0 Å². The van der Waals surface area contributed by atoms with E-state index in [2.05, 4.69) is 20.1 Å². The number of nitrogens with zero attached hydrogens (tertiary/aromatic N) is 4. The van der Waals surface area contributed by atoms with Gasteiger partial charge in [0.2, 0.25) is 5.82 Å². The zero-order chi connectivity index (χ0) is 14.1. The molecule has 20 heavy (non-hydrogen) atoms. The fourth-order valence-corrected chi connectivity index (χ4v) is 1.77. The van der Waals surface area contributed by atoms with Crippen LogP contribution in [0.15, 0.2) is 35.1 Å². The largest absolute Gasteiger partial charge is 0.382 e. The third kappa shape index (κ3) is 2.19. The molecule has 6 nitrogen and oxygen atoms in total. The number of nitrogen functional groups attached to an aromatic ring is 1. The van der Waals surface area contributed by atoms with Crippen molar-refractivity contribution in [1.29, 1.82) is 0 Å². The Balaban J connectivity index is 2.02. The predicted octanol–water partition coefficient (Wildman–Crippen LogP) is 2.57. The molecule has 0 amide bonds. The van der Waals surface area contributed by atoms with E-state index in [9.17, 15) is 4.39 Å². The Bertz CT molecular complexity index is 776. The number of benzene rings is 1. The molecule has 0 atom stereocenters. The van der Waals surface area contributed by atoms with Crippen LogP contribution in [0.2, 0.25) is 5.02 Å². The van der Waals surface area contributed by atoms with E-state index in [0.717, 1.165) is 0 Å². The highest BCUT2D eigenvalue weighted by atomic mass is 35.5. The first-order valence-corrected chi connectivity index (χ1v) is 5.89. The van der Waals surface area contributed by atoms with Crippen LogP contribution in [0.5, 0.6) is 0 Å². The predicted molar refractivity (Wildman–Crippen MR) is 70.1 cm³/mol. The normalized spacial score (nSPS) is 10.7. The third-order valence-corrected chi connectivity index (χ3v) is 2.82. The average Bonchev–Trinajstić information content (AvgIpc) is 2.92. The molecule has 0 unspecified atom stereocenters. The van der Waals surface area contributed by atoms with Gasteiger partial charge in [-0.1, -0.05) is 16.8 Å². The number of nitrogens with two attached hydrogens (primary N) is 1. The van der Waals surface area contributed by atoms with E-state index in [1.54, 1.807) is 0 Å². The maximum absolute atomic E-state index is 13.1. The van der Waals surface area contributed by atoms with Crippen molar-refractivity contribution in [2.45, 2.75) is 0 Å². The Morgan fingerprint density at radius 1 is 1.20 bits per heavy atom. The maximum atomic E-state index is 13.1. The van der Waals surface area contributed by atoms with E-state index >= 15 is 0 Å². The summed E-state index contributed by atoms with van der Waals surface area (Å²) in [7, 11) is 0. The summed E-state index contributed by atoms with van der Waals surface area (Å²) in [5.74, 6) is 0.0511. The standard InChI is InChI=1S/C12H7ClFN5O/c13-7-5-6(1-2-8(7)14)11-18-12(20-19-11)9-10(15)17-4-3-16-9/h1-5H,(H2,15,17). The lowest BCUT2D eigenvalue weighted by Crippen LogP contribution is -1.96. The summed E-state index contributed by atoms with van der Waals surface area (Å²) >= 11 is 5.71. The minimum atomic E-state index is -0.516. The van der Waals surface area contributed by atoms with Gasteiger partial charge in [-0.3, -0.25) is 0 Å². The second kappa shape index (κ2) is 4.86. The molecule has 100 valence electrons. The molecule has 3 rings (SSSR count). The van der Waals surface area contributed by atoms with Crippen molar-refractivity contribution in [3.63, 3.8) is 0 Å². The van der Waals surface area contributed by atoms with Gasteiger partial charge in [-0.2, -0.15) is 4.98 Å². The summed E-state index contributed by atoms with van der Waals surface area (Å²) in [5, 5.41) is 3.76. The van der Waals surface area contributed by atoms with Gasteiger partial charge >= 0.3 is 0 Å². The first-order valence-electron chi connectivity index (χ1n) is 5.51. The first-order chi connectivity index (χ1) is 9.65. The molecule has 0 aliphatic heterocycles. The number of halogens is 2. The average molecular weight is 292 g/mol. The van der Waals surface area contributed by atoms with Gasteiger partial charge < -0.3 is 10.3 Å². The lowest BCUT2D eigenvalue weighted by Gasteiger charge is -1.97. The molecule has 1 aromatic carbocycles. The van der Waals surface area contributed by atoms with Crippen LogP contribution in [-0.2, 0) is 0 Å². The summed E-state index contributed by atoms with van der Waals surface area (Å²) in [5.41, 5.74) is 6.49. The van der Waals surface area contributed by atoms with Crippen LogP contribution in [0.1, 0.15) is 0 Å². The Hall–Kier alpha value is -2.54. The topological polar surface area (TPSA) is 90.7 Å². The molecule has 2 aromatic heterocycles. The van der Waals surface area contributed by atoms with E-state index in [0.29, 0.717) is 11.3 Å². The van der Waals surface area contributed by atoms with Crippen molar-refractivity contribution >= 4 is 17.4 Å². The summed E-state index contributed by atoms with van der Waals surface area (Å²) in [6, 6.07) is 4.13. The summed E-state index contributed by atoms with van der Waals surface area (Å²) in [6.07, 6.45) is 2.92. The Kier molecular flexibility index (Phi) is 3.03. The van der Waals surface area contributed by atoms with Crippen LogP contribution in [0.25, 0.3) is 23.0 Å². The fraction of sp³-hybridized carbons (Fsp3) is 0. The van der Waals surface area contributed by atoms with Crippen LogP contribution in [-0.4, -0.2) is 20.1 Å². The highest BCUT2D eigenvalue weighted by Gasteiger charge is 2.15. The van der Waals surface area contributed by atoms with Crippen molar-refractivity contribution in [3.8, 4) is 23.0 Å². The number of hydrogen-bond donors (Lipinski definition) is 1. The molecule has 2 heterocycles. The van der Waals surface area contributed by atoms with Gasteiger partial charge in [-0.25, -0.2) is 14.4 Å². The SMILES string of the molecule is Nc1nccnc1-c1nc(-c2ccc(F)c(Cl)c2)no1. The molecule has 0 bridgehead atoms. The van der Waals surface area contributed by atoms with Gasteiger partial charge in [0.1, 0.15) is 5.82 Å². The molecule has 2 N–H and O–H groups in total. The zero-order valence-corrected chi connectivity index (χ0v) is 10.7. The molecule has 8 heteroatoms. The van der Waals surface area contributed by atoms with Gasteiger partial charge in [0.05, 0.1) is 5.02 Å². The summed E-state index contributed by atoms with van der Waals surface area (Å²) in [6.45, 7) is 0. The number of anilines is 1. The number of hydrogen-bond acceptors (Lipinski definition) is 6. The van der Waals surface area contributed by atoms with E-state index < -0.39 is 5.82 Å². The highest BCUT2D eigenvalue weighted by Crippen LogP contribution is 2.26. The molecule has 3 aromatic rings. The molecule has 0 radical (unpaired) electrons. The number of aromatic nitrogens is 4. The van der Waals surface area contributed by atoms with Crippen molar-refractivity contribution in [2.75, 3.05) is 5.73 Å². The lowest BCUT2D eigenvalue weighted by molar-refractivity contribution is 0.431. The monoisotopic (exact) mass is 291 g/mol. The molecule has 0 saturated heterocycles. The molecular formula is C12H7ClFN5O. The van der Waals surface area contributed by atoms with Crippen LogP contribution in [0.3, 0.4) is 0 Å². The fourth-order valence-electron chi connectivity index (χ4n) is 1.59. The van der Waals surface area contributed by atoms with Gasteiger partial charge in [0, 0.05) is 18.0 Å². The maximum Gasteiger partial charge on any atom is 0.280 e. The van der Waals surface area contributed by atoms with Gasteiger partial charge in [0.15, 0.2) is 11.5 Å². The molecular weight excluding hydrogens is 285 g/mol. The van der Waals surface area contributed by atoms with Crippen molar-refractivity contribution in [1.82, 2.24) is 20.1 Å². The smallest absolute Gasteiger partial charge is 0.280 e. The minimum absolute atomic E-state index is 0.0205. The quantitative estimate of drug-likeness (QED) is 0.780. The molecule has 0 fully saturated rings. The van der Waals surface area contributed by atoms with Gasteiger partial charge in [-0.15, -0.1) is 0 Å². The molecule has 0 saturated carbocycles. The zero-order valence-electron chi connectivity index (χ0n) is 9.92. The first kappa shape index (κ1) is 12.5. The van der Waals surface area contributed by atoms with Crippen molar-refractivity contribution in [3.05, 3.63) is 41.4 Å². The van der Waals surface area contributed by atoms with Crippen LogP contribution in [0, 0.1) is 5.82 Å².